The lowest BCUT2D eigenvalue weighted by Gasteiger charge is -2.44. The normalized spacial score (nSPS) is 21.2. The molecule has 2 aromatic carbocycles. The van der Waals surface area contributed by atoms with Crippen molar-refractivity contribution in [3.8, 4) is 5.69 Å². The van der Waals surface area contributed by atoms with Crippen LogP contribution in [0.2, 0.25) is 0 Å². The van der Waals surface area contributed by atoms with Gasteiger partial charge in [-0.25, -0.2) is 4.79 Å². The highest BCUT2D eigenvalue weighted by molar-refractivity contribution is 5.89. The van der Waals surface area contributed by atoms with Crippen LogP contribution in [0.3, 0.4) is 0 Å². The summed E-state index contributed by atoms with van der Waals surface area (Å²) in [5, 5.41) is 15.7. The number of tetrazole rings is 1. The van der Waals surface area contributed by atoms with E-state index in [1.54, 1.807) is 9.58 Å². The number of aryl methyl sites for hydroxylation is 1. The summed E-state index contributed by atoms with van der Waals surface area (Å²) in [5.74, 6) is 1.33. The van der Waals surface area contributed by atoms with E-state index in [2.05, 4.69) is 34.7 Å². The fourth-order valence-electron chi connectivity index (χ4n) is 4.21. The first kappa shape index (κ1) is 20.1. The van der Waals surface area contributed by atoms with Crippen LogP contribution in [0.5, 0.6) is 0 Å². The van der Waals surface area contributed by atoms with E-state index < -0.39 is 5.54 Å². The summed E-state index contributed by atoms with van der Waals surface area (Å²) in [6, 6.07) is 17.5. The van der Waals surface area contributed by atoms with Crippen LogP contribution in [-0.2, 0) is 5.54 Å². The number of benzene rings is 2. The van der Waals surface area contributed by atoms with Crippen molar-refractivity contribution in [1.82, 2.24) is 25.1 Å². The van der Waals surface area contributed by atoms with Gasteiger partial charge < -0.3 is 10.2 Å². The van der Waals surface area contributed by atoms with Gasteiger partial charge in [0.1, 0.15) is 5.54 Å². The van der Waals surface area contributed by atoms with Crippen LogP contribution in [0.1, 0.15) is 44.0 Å². The summed E-state index contributed by atoms with van der Waals surface area (Å²) in [6.07, 6.45) is 3.67. The Labute approximate surface area is 177 Å². The average Bonchev–Trinajstić information content (AvgIpc) is 3.26. The van der Waals surface area contributed by atoms with Crippen molar-refractivity contribution in [2.45, 2.75) is 45.1 Å². The third-order valence-corrected chi connectivity index (χ3v) is 6.24. The Morgan fingerprint density at radius 1 is 1.10 bits per heavy atom. The van der Waals surface area contributed by atoms with Crippen LogP contribution in [0.15, 0.2) is 54.6 Å². The van der Waals surface area contributed by atoms with Crippen LogP contribution in [0, 0.1) is 12.8 Å². The van der Waals surface area contributed by atoms with E-state index in [0.29, 0.717) is 11.7 Å². The quantitative estimate of drug-likeness (QED) is 0.693. The van der Waals surface area contributed by atoms with Gasteiger partial charge in [0.15, 0.2) is 5.82 Å². The second-order valence-corrected chi connectivity index (χ2v) is 8.32. The molecule has 4 rings (SSSR count). The molecule has 1 aliphatic rings. The van der Waals surface area contributed by atoms with E-state index in [4.69, 9.17) is 0 Å². The van der Waals surface area contributed by atoms with Crippen LogP contribution in [0.25, 0.3) is 5.69 Å². The molecule has 1 N–H and O–H groups in total. The van der Waals surface area contributed by atoms with Gasteiger partial charge in [-0.2, -0.15) is 4.68 Å². The number of anilines is 1. The molecular weight excluding hydrogens is 376 g/mol. The lowest BCUT2D eigenvalue weighted by molar-refractivity contribution is 0.0786. The molecule has 1 heterocycles. The molecule has 2 amide bonds. The molecule has 0 bridgehead atoms. The van der Waals surface area contributed by atoms with Gasteiger partial charge in [0, 0.05) is 12.7 Å². The number of nitrogens with one attached hydrogen (secondary N) is 1. The van der Waals surface area contributed by atoms with Gasteiger partial charge in [0.2, 0.25) is 0 Å². The zero-order chi connectivity index (χ0) is 21.1. The zero-order valence-electron chi connectivity index (χ0n) is 17.7. The van der Waals surface area contributed by atoms with Crippen LogP contribution < -0.4 is 5.32 Å². The van der Waals surface area contributed by atoms with Crippen molar-refractivity contribution in [2.75, 3.05) is 12.4 Å². The smallest absolute Gasteiger partial charge is 0.315 e. The van der Waals surface area contributed by atoms with Crippen molar-refractivity contribution >= 4 is 11.7 Å². The average molecular weight is 405 g/mol. The molecule has 0 atom stereocenters. The molecule has 156 valence electrons. The highest BCUT2D eigenvalue weighted by atomic mass is 16.2. The second kappa shape index (κ2) is 8.26. The first-order valence-electron chi connectivity index (χ1n) is 10.5. The molecule has 1 fully saturated rings. The molecule has 7 nitrogen and oxygen atoms in total. The summed E-state index contributed by atoms with van der Waals surface area (Å²) in [4.78, 5) is 15.0. The third-order valence-electron chi connectivity index (χ3n) is 6.24. The lowest BCUT2D eigenvalue weighted by Crippen LogP contribution is -2.52. The second-order valence-electron chi connectivity index (χ2n) is 8.32. The van der Waals surface area contributed by atoms with Crippen molar-refractivity contribution in [2.24, 2.45) is 5.92 Å². The minimum absolute atomic E-state index is 0.158. The number of rotatable bonds is 4. The largest absolute Gasteiger partial charge is 0.322 e. The van der Waals surface area contributed by atoms with Crippen molar-refractivity contribution < 1.29 is 4.79 Å². The van der Waals surface area contributed by atoms with Gasteiger partial charge in [0.25, 0.3) is 0 Å². The Balaban J connectivity index is 1.71. The summed E-state index contributed by atoms with van der Waals surface area (Å²) in [7, 11) is 1.85. The number of hydrogen-bond acceptors (Lipinski definition) is 4. The Bertz CT molecular complexity index is 990. The SMILES string of the molecule is Cc1ccc(-n2nnnc2C2(N(C)C(=O)Nc3ccccc3)CCC(C)CC2)cc1. The Morgan fingerprint density at radius 2 is 1.77 bits per heavy atom. The summed E-state index contributed by atoms with van der Waals surface area (Å²) < 4.78 is 1.78. The summed E-state index contributed by atoms with van der Waals surface area (Å²) in [6.45, 7) is 4.31. The molecule has 0 aliphatic heterocycles. The van der Waals surface area contributed by atoms with E-state index in [0.717, 1.165) is 37.1 Å². The predicted octanol–water partition coefficient (Wildman–Crippen LogP) is 4.54. The number of aromatic nitrogens is 4. The highest BCUT2D eigenvalue weighted by Crippen LogP contribution is 2.43. The minimum Gasteiger partial charge on any atom is -0.315 e. The molecule has 1 aliphatic carbocycles. The predicted molar refractivity (Wildman–Crippen MR) is 116 cm³/mol. The fourth-order valence-corrected chi connectivity index (χ4v) is 4.21. The van der Waals surface area contributed by atoms with E-state index in [1.165, 1.54) is 5.56 Å². The van der Waals surface area contributed by atoms with Crippen LogP contribution >= 0.6 is 0 Å². The first-order valence-corrected chi connectivity index (χ1v) is 10.5. The van der Waals surface area contributed by atoms with Gasteiger partial charge in [-0.05, 0) is 73.2 Å². The molecule has 0 unspecified atom stereocenters. The highest BCUT2D eigenvalue weighted by Gasteiger charge is 2.46. The molecule has 1 aromatic heterocycles. The lowest BCUT2D eigenvalue weighted by atomic mass is 9.75. The Morgan fingerprint density at radius 3 is 2.43 bits per heavy atom. The van der Waals surface area contributed by atoms with Crippen LogP contribution in [0.4, 0.5) is 10.5 Å². The van der Waals surface area contributed by atoms with Gasteiger partial charge in [0.05, 0.1) is 5.69 Å². The van der Waals surface area contributed by atoms with Gasteiger partial charge in [-0.15, -0.1) is 5.10 Å². The molecule has 3 aromatic rings. The Kier molecular flexibility index (Phi) is 5.53. The number of nitrogens with zero attached hydrogens (tertiary/aromatic N) is 5. The summed E-state index contributed by atoms with van der Waals surface area (Å²) in [5.41, 5.74) is 2.27. The van der Waals surface area contributed by atoms with Gasteiger partial charge in [-0.3, -0.25) is 0 Å². The van der Waals surface area contributed by atoms with E-state index in [9.17, 15) is 4.79 Å². The summed E-state index contributed by atoms with van der Waals surface area (Å²) >= 11 is 0. The van der Waals surface area contributed by atoms with Crippen LogP contribution in [-0.4, -0.2) is 38.2 Å². The van der Waals surface area contributed by atoms with Crippen molar-refractivity contribution in [3.05, 3.63) is 66.0 Å². The molecular formula is C23H28N6O. The number of carbonyl (C=O) groups is 1. The first-order chi connectivity index (χ1) is 14.5. The number of urea groups is 1. The number of carbonyl (C=O) groups excluding carboxylic acids is 1. The molecule has 0 radical (unpaired) electrons. The molecule has 30 heavy (non-hydrogen) atoms. The fraction of sp³-hybridized carbons (Fsp3) is 0.391. The minimum atomic E-state index is -0.570. The maximum atomic E-state index is 13.2. The van der Waals surface area contributed by atoms with Crippen molar-refractivity contribution in [3.63, 3.8) is 0 Å². The van der Waals surface area contributed by atoms with Crippen molar-refractivity contribution in [1.29, 1.82) is 0 Å². The number of amides is 2. The Hall–Kier alpha value is -3.22. The maximum absolute atomic E-state index is 13.2. The van der Waals surface area contributed by atoms with Gasteiger partial charge >= 0.3 is 6.03 Å². The monoisotopic (exact) mass is 404 g/mol. The standard InChI is InChI=1S/C23H28N6O/c1-17-9-11-20(12-10-17)29-21(25-26-27-29)23(15-13-18(2)14-16-23)28(3)22(30)24-19-7-5-4-6-8-19/h4-12,18H,13-16H2,1-3H3,(H,24,30). The third kappa shape index (κ3) is 3.79. The van der Waals surface area contributed by atoms with Gasteiger partial charge in [-0.1, -0.05) is 42.8 Å². The zero-order valence-corrected chi connectivity index (χ0v) is 17.7. The van der Waals surface area contributed by atoms with E-state index in [-0.39, 0.29) is 6.03 Å². The number of hydrogen-bond donors (Lipinski definition) is 1. The topological polar surface area (TPSA) is 75.9 Å². The van der Waals surface area contributed by atoms with E-state index >= 15 is 0 Å². The maximum Gasteiger partial charge on any atom is 0.322 e. The molecule has 0 spiro atoms. The van der Waals surface area contributed by atoms with E-state index in [1.807, 2.05) is 61.6 Å². The molecule has 1 saturated carbocycles. The number of para-hydroxylation sites is 1. The molecule has 0 saturated heterocycles. The molecule has 7 heteroatoms.